The highest BCUT2D eigenvalue weighted by Gasteiger charge is 2.13. The molecule has 2 amide bonds. The van der Waals surface area contributed by atoms with Gasteiger partial charge in [0, 0.05) is 7.05 Å². The maximum atomic E-state index is 12.0. The van der Waals surface area contributed by atoms with Crippen molar-refractivity contribution in [2.75, 3.05) is 20.2 Å². The zero-order valence-electron chi connectivity index (χ0n) is 13.2. The third-order valence-electron chi connectivity index (χ3n) is 3.19. The molecule has 124 valence electrons. The van der Waals surface area contributed by atoms with E-state index < -0.39 is 0 Å². The molecule has 0 aliphatic carbocycles. The predicted molar refractivity (Wildman–Crippen MR) is 84.8 cm³/mol. The van der Waals surface area contributed by atoms with E-state index in [9.17, 15) is 9.59 Å². The lowest BCUT2D eigenvalue weighted by molar-refractivity contribution is -0.136. The molecule has 1 aromatic heterocycles. The number of hydrogen-bond acceptors (Lipinski definition) is 5. The van der Waals surface area contributed by atoms with Gasteiger partial charge in [-0.3, -0.25) is 9.59 Å². The molecule has 2 aromatic rings. The number of nitrogens with zero attached hydrogens (tertiary/aromatic N) is 2. The van der Waals surface area contributed by atoms with Crippen molar-refractivity contribution in [3.05, 3.63) is 54.0 Å². The molecule has 7 nitrogen and oxygen atoms in total. The molecule has 0 bridgehead atoms. The van der Waals surface area contributed by atoms with E-state index in [0.717, 1.165) is 0 Å². The van der Waals surface area contributed by atoms with Gasteiger partial charge in [0.1, 0.15) is 11.5 Å². The molecule has 1 N–H and O–H groups in total. The summed E-state index contributed by atoms with van der Waals surface area (Å²) in [6.45, 7) is 0.0136. The van der Waals surface area contributed by atoms with Crippen LogP contribution in [0, 0.1) is 11.3 Å². The summed E-state index contributed by atoms with van der Waals surface area (Å²) in [5.41, 5.74) is 0.513. The molecule has 2 rings (SSSR count). The molecule has 7 heteroatoms. The average Bonchev–Trinajstić information content (AvgIpc) is 3.11. The molecular weight excluding hydrogens is 310 g/mol. The molecular formula is C17H17N3O4. The average molecular weight is 327 g/mol. The van der Waals surface area contributed by atoms with Crippen LogP contribution in [-0.2, 0) is 16.1 Å². The van der Waals surface area contributed by atoms with Gasteiger partial charge < -0.3 is 19.4 Å². The van der Waals surface area contributed by atoms with Crippen molar-refractivity contribution in [1.82, 2.24) is 10.2 Å². The molecule has 1 aromatic carbocycles. The first-order valence-electron chi connectivity index (χ1n) is 7.24. The summed E-state index contributed by atoms with van der Waals surface area (Å²) in [6.07, 6.45) is 1.53. The first kappa shape index (κ1) is 17.1. The molecule has 0 unspecified atom stereocenters. The summed E-state index contributed by atoms with van der Waals surface area (Å²) >= 11 is 0. The normalized spacial score (nSPS) is 9.83. The van der Waals surface area contributed by atoms with Crippen LogP contribution >= 0.6 is 0 Å². The van der Waals surface area contributed by atoms with Crippen molar-refractivity contribution < 1.29 is 18.7 Å². The van der Waals surface area contributed by atoms with E-state index in [2.05, 4.69) is 5.32 Å². The highest BCUT2D eigenvalue weighted by atomic mass is 16.5. The third-order valence-corrected chi connectivity index (χ3v) is 3.19. The van der Waals surface area contributed by atoms with Gasteiger partial charge in [-0.1, -0.05) is 0 Å². The number of furan rings is 1. The second-order valence-electron chi connectivity index (χ2n) is 5.03. The number of carbonyl (C=O) groups excluding carboxylic acids is 2. The van der Waals surface area contributed by atoms with Crippen LogP contribution < -0.4 is 10.1 Å². The summed E-state index contributed by atoms with van der Waals surface area (Å²) in [6, 6.07) is 11.9. The number of ether oxygens (including phenoxy) is 1. The Morgan fingerprint density at radius 3 is 2.67 bits per heavy atom. The predicted octanol–water partition coefficient (Wildman–Crippen LogP) is 1.30. The smallest absolute Gasteiger partial charge is 0.260 e. The first-order chi connectivity index (χ1) is 11.6. The van der Waals surface area contributed by atoms with Crippen molar-refractivity contribution in [2.24, 2.45) is 0 Å². The van der Waals surface area contributed by atoms with Gasteiger partial charge in [0.15, 0.2) is 6.61 Å². The van der Waals surface area contributed by atoms with Crippen molar-refractivity contribution in [1.29, 1.82) is 5.26 Å². The fraction of sp³-hybridized carbons (Fsp3) is 0.235. The van der Waals surface area contributed by atoms with Crippen molar-refractivity contribution in [2.45, 2.75) is 6.54 Å². The van der Waals surface area contributed by atoms with Crippen LogP contribution in [0.3, 0.4) is 0 Å². The minimum absolute atomic E-state index is 0.0731. The molecule has 0 saturated heterocycles. The molecule has 0 fully saturated rings. The summed E-state index contributed by atoms with van der Waals surface area (Å²) in [5.74, 6) is 0.507. The molecule has 0 atom stereocenters. The lowest BCUT2D eigenvalue weighted by atomic mass is 10.2. The minimum Gasteiger partial charge on any atom is -0.484 e. The Bertz CT molecular complexity index is 717. The van der Waals surface area contributed by atoms with Gasteiger partial charge in [-0.05, 0) is 36.4 Å². The molecule has 1 heterocycles. The molecule has 0 aliphatic rings. The van der Waals surface area contributed by atoms with Gasteiger partial charge in [-0.15, -0.1) is 0 Å². The second kappa shape index (κ2) is 8.39. The van der Waals surface area contributed by atoms with E-state index in [1.165, 1.54) is 18.2 Å². The van der Waals surface area contributed by atoms with E-state index in [1.807, 2.05) is 6.07 Å². The van der Waals surface area contributed by atoms with E-state index in [0.29, 0.717) is 17.1 Å². The minimum atomic E-state index is -0.326. The van der Waals surface area contributed by atoms with Gasteiger partial charge in [-0.25, -0.2) is 0 Å². The van der Waals surface area contributed by atoms with Crippen molar-refractivity contribution in [3.8, 4) is 11.8 Å². The monoisotopic (exact) mass is 327 g/mol. The highest BCUT2D eigenvalue weighted by molar-refractivity contribution is 5.85. The Hall–Kier alpha value is -3.27. The van der Waals surface area contributed by atoms with Gasteiger partial charge in [0.25, 0.3) is 5.91 Å². The summed E-state index contributed by atoms with van der Waals surface area (Å²) in [5, 5.41) is 11.4. The van der Waals surface area contributed by atoms with Crippen molar-refractivity contribution >= 4 is 11.8 Å². The van der Waals surface area contributed by atoms with Crippen LogP contribution in [0.2, 0.25) is 0 Å². The largest absolute Gasteiger partial charge is 0.484 e. The number of rotatable bonds is 7. The maximum Gasteiger partial charge on any atom is 0.260 e. The van der Waals surface area contributed by atoms with Crippen LogP contribution in [0.25, 0.3) is 0 Å². The van der Waals surface area contributed by atoms with E-state index in [4.69, 9.17) is 14.4 Å². The SMILES string of the molecule is CN(CC(=O)NCc1ccco1)C(=O)COc1ccc(C#N)cc1. The van der Waals surface area contributed by atoms with E-state index in [-0.39, 0.29) is 31.5 Å². The quantitative estimate of drug-likeness (QED) is 0.827. The molecule has 0 spiro atoms. The lowest BCUT2D eigenvalue weighted by Crippen LogP contribution is -2.40. The number of carbonyl (C=O) groups is 2. The number of benzene rings is 1. The zero-order chi connectivity index (χ0) is 17.4. The van der Waals surface area contributed by atoms with E-state index >= 15 is 0 Å². The summed E-state index contributed by atoms with van der Waals surface area (Å²) in [4.78, 5) is 25.0. The maximum absolute atomic E-state index is 12.0. The Morgan fingerprint density at radius 1 is 1.29 bits per heavy atom. The standard InChI is InChI=1S/C17H17N3O4/c1-20(11-16(21)19-10-15-3-2-8-23-15)17(22)12-24-14-6-4-13(9-18)5-7-14/h2-8H,10-12H2,1H3,(H,19,21). The molecule has 0 aliphatic heterocycles. The van der Waals surface area contributed by atoms with Crippen LogP contribution in [0.1, 0.15) is 11.3 Å². The molecule has 24 heavy (non-hydrogen) atoms. The van der Waals surface area contributed by atoms with Crippen LogP contribution in [0.4, 0.5) is 0 Å². The van der Waals surface area contributed by atoms with Gasteiger partial charge in [0.2, 0.25) is 5.91 Å². The number of amides is 2. The van der Waals surface area contributed by atoms with Crippen molar-refractivity contribution in [3.63, 3.8) is 0 Å². The summed E-state index contributed by atoms with van der Waals surface area (Å²) < 4.78 is 10.4. The van der Waals surface area contributed by atoms with Crippen LogP contribution in [-0.4, -0.2) is 36.9 Å². The number of nitriles is 1. The lowest BCUT2D eigenvalue weighted by Gasteiger charge is -2.17. The van der Waals surface area contributed by atoms with Crippen LogP contribution in [0.15, 0.2) is 47.1 Å². The fourth-order valence-electron chi connectivity index (χ4n) is 1.84. The fourth-order valence-corrected chi connectivity index (χ4v) is 1.84. The van der Waals surface area contributed by atoms with Crippen LogP contribution in [0.5, 0.6) is 5.75 Å². The Labute approximate surface area is 139 Å². The number of nitrogens with one attached hydrogen (secondary N) is 1. The second-order valence-corrected chi connectivity index (χ2v) is 5.03. The highest BCUT2D eigenvalue weighted by Crippen LogP contribution is 2.11. The Kier molecular flexibility index (Phi) is 5.97. The van der Waals surface area contributed by atoms with Gasteiger partial charge in [0.05, 0.1) is 31.0 Å². The topological polar surface area (TPSA) is 95.6 Å². The van der Waals surface area contributed by atoms with E-state index in [1.54, 1.807) is 36.4 Å². The Morgan fingerprint density at radius 2 is 2.04 bits per heavy atom. The molecule has 0 saturated carbocycles. The third kappa shape index (κ3) is 5.18. The number of likely N-dealkylation sites (N-methyl/N-ethyl adjacent to an activating group) is 1. The summed E-state index contributed by atoms with van der Waals surface area (Å²) in [7, 11) is 1.52. The molecule has 0 radical (unpaired) electrons. The zero-order valence-corrected chi connectivity index (χ0v) is 13.2. The Balaban J connectivity index is 1.72. The first-order valence-corrected chi connectivity index (χ1v) is 7.24. The number of hydrogen-bond donors (Lipinski definition) is 1. The van der Waals surface area contributed by atoms with Gasteiger partial charge >= 0.3 is 0 Å². The van der Waals surface area contributed by atoms with Gasteiger partial charge in [-0.2, -0.15) is 5.26 Å².